The standard InChI is InChI=1S/C20H18F3NO2/c1-2-19(25,15-3-5-17(6-4-15)20(21,22)23)16-7-9-18(10-8-16)24-11-13-26-14-12-24/h1,3-10,25H,11-14H2. The van der Waals surface area contributed by atoms with Gasteiger partial charge in [0.2, 0.25) is 0 Å². The molecule has 1 heterocycles. The lowest BCUT2D eigenvalue weighted by molar-refractivity contribution is -0.137. The maximum Gasteiger partial charge on any atom is 0.416 e. The van der Waals surface area contributed by atoms with Crippen LogP contribution in [0.15, 0.2) is 48.5 Å². The van der Waals surface area contributed by atoms with Crippen molar-refractivity contribution in [3.63, 3.8) is 0 Å². The van der Waals surface area contributed by atoms with Crippen LogP contribution in [0.25, 0.3) is 0 Å². The van der Waals surface area contributed by atoms with Crippen LogP contribution in [-0.2, 0) is 16.5 Å². The van der Waals surface area contributed by atoms with E-state index < -0.39 is 17.3 Å². The van der Waals surface area contributed by atoms with Crippen molar-refractivity contribution in [3.05, 3.63) is 65.2 Å². The summed E-state index contributed by atoms with van der Waals surface area (Å²) in [6, 6.07) is 11.3. The van der Waals surface area contributed by atoms with Gasteiger partial charge in [-0.2, -0.15) is 13.2 Å². The zero-order chi connectivity index (χ0) is 18.8. The molecule has 0 spiro atoms. The second-order valence-electron chi connectivity index (χ2n) is 6.08. The quantitative estimate of drug-likeness (QED) is 0.851. The van der Waals surface area contributed by atoms with Crippen LogP contribution in [0.4, 0.5) is 18.9 Å². The van der Waals surface area contributed by atoms with Crippen molar-refractivity contribution in [3.8, 4) is 12.3 Å². The Labute approximate surface area is 150 Å². The van der Waals surface area contributed by atoms with Crippen LogP contribution in [-0.4, -0.2) is 31.4 Å². The number of benzene rings is 2. The predicted molar refractivity (Wildman–Crippen MR) is 92.7 cm³/mol. The molecule has 136 valence electrons. The van der Waals surface area contributed by atoms with E-state index in [2.05, 4.69) is 10.8 Å². The molecule has 0 amide bonds. The highest BCUT2D eigenvalue weighted by Crippen LogP contribution is 2.34. The fraction of sp³-hybridized carbons (Fsp3) is 0.300. The van der Waals surface area contributed by atoms with Gasteiger partial charge in [-0.3, -0.25) is 0 Å². The van der Waals surface area contributed by atoms with E-state index in [1.165, 1.54) is 12.1 Å². The summed E-state index contributed by atoms with van der Waals surface area (Å²) in [5.74, 6) is 2.31. The molecule has 1 unspecified atom stereocenters. The Hall–Kier alpha value is -2.49. The number of aliphatic hydroxyl groups is 1. The Balaban J connectivity index is 1.88. The third kappa shape index (κ3) is 3.55. The second-order valence-corrected chi connectivity index (χ2v) is 6.08. The number of ether oxygens (including phenoxy) is 1. The number of alkyl halides is 3. The van der Waals surface area contributed by atoms with Crippen molar-refractivity contribution in [1.82, 2.24) is 0 Å². The number of hydrogen-bond acceptors (Lipinski definition) is 3. The Morgan fingerprint density at radius 1 is 0.885 bits per heavy atom. The minimum absolute atomic E-state index is 0.215. The Bertz CT molecular complexity index is 788. The Kier molecular flexibility index (Phi) is 4.94. The highest BCUT2D eigenvalue weighted by molar-refractivity contribution is 5.52. The summed E-state index contributed by atoms with van der Waals surface area (Å²) < 4.78 is 43.5. The molecule has 0 aliphatic carbocycles. The molecular weight excluding hydrogens is 343 g/mol. The molecule has 6 heteroatoms. The summed E-state index contributed by atoms with van der Waals surface area (Å²) in [7, 11) is 0. The summed E-state index contributed by atoms with van der Waals surface area (Å²) in [5.41, 5.74) is -0.968. The van der Waals surface area contributed by atoms with E-state index in [0.717, 1.165) is 30.9 Å². The van der Waals surface area contributed by atoms with Gasteiger partial charge in [-0.05, 0) is 24.3 Å². The first-order valence-corrected chi connectivity index (χ1v) is 8.16. The van der Waals surface area contributed by atoms with Crippen molar-refractivity contribution in [1.29, 1.82) is 0 Å². The maximum absolute atomic E-state index is 12.7. The molecule has 1 aliphatic rings. The number of hydrogen-bond donors (Lipinski definition) is 1. The lowest BCUT2D eigenvalue weighted by Gasteiger charge is -2.30. The number of morpholine rings is 1. The van der Waals surface area contributed by atoms with Gasteiger partial charge in [-0.15, -0.1) is 6.42 Å². The van der Waals surface area contributed by atoms with Gasteiger partial charge in [0.25, 0.3) is 0 Å². The molecule has 1 atom stereocenters. The van der Waals surface area contributed by atoms with Gasteiger partial charge in [-0.25, -0.2) is 0 Å². The number of anilines is 1. The monoisotopic (exact) mass is 361 g/mol. The second kappa shape index (κ2) is 7.02. The lowest BCUT2D eigenvalue weighted by Crippen LogP contribution is -2.36. The van der Waals surface area contributed by atoms with Crippen molar-refractivity contribution in [2.24, 2.45) is 0 Å². The number of halogens is 3. The first kappa shape index (κ1) is 18.3. The fourth-order valence-corrected chi connectivity index (χ4v) is 2.97. The highest BCUT2D eigenvalue weighted by atomic mass is 19.4. The van der Waals surface area contributed by atoms with Crippen LogP contribution < -0.4 is 4.90 Å². The number of nitrogens with zero attached hydrogens (tertiary/aromatic N) is 1. The molecule has 0 aromatic heterocycles. The predicted octanol–water partition coefficient (Wildman–Crippen LogP) is 3.41. The maximum atomic E-state index is 12.7. The van der Waals surface area contributed by atoms with Gasteiger partial charge in [0.15, 0.2) is 5.60 Å². The molecule has 0 radical (unpaired) electrons. The Morgan fingerprint density at radius 3 is 1.81 bits per heavy atom. The molecule has 1 fully saturated rings. The minimum Gasteiger partial charge on any atom is -0.378 e. The lowest BCUT2D eigenvalue weighted by atomic mass is 9.86. The molecule has 0 bridgehead atoms. The molecule has 1 saturated heterocycles. The molecule has 3 nitrogen and oxygen atoms in total. The third-order valence-corrected chi connectivity index (χ3v) is 4.50. The van der Waals surface area contributed by atoms with Crippen molar-refractivity contribution in [2.45, 2.75) is 11.8 Å². The molecule has 3 rings (SSSR count). The van der Waals surface area contributed by atoms with Crippen LogP contribution >= 0.6 is 0 Å². The summed E-state index contributed by atoms with van der Waals surface area (Å²) in [5, 5.41) is 10.9. The van der Waals surface area contributed by atoms with Gasteiger partial charge < -0.3 is 14.7 Å². The van der Waals surface area contributed by atoms with Crippen LogP contribution in [0, 0.1) is 12.3 Å². The summed E-state index contributed by atoms with van der Waals surface area (Å²) in [6.07, 6.45) is 1.09. The number of rotatable bonds is 3. The van der Waals surface area contributed by atoms with E-state index in [1.54, 1.807) is 12.1 Å². The average molecular weight is 361 g/mol. The summed E-state index contributed by atoms with van der Waals surface area (Å²) >= 11 is 0. The van der Waals surface area contributed by atoms with E-state index in [1.807, 2.05) is 12.1 Å². The summed E-state index contributed by atoms with van der Waals surface area (Å²) in [4.78, 5) is 2.15. The molecule has 2 aromatic carbocycles. The largest absolute Gasteiger partial charge is 0.416 e. The smallest absolute Gasteiger partial charge is 0.378 e. The average Bonchev–Trinajstić information content (AvgIpc) is 2.67. The molecule has 1 aliphatic heterocycles. The molecule has 26 heavy (non-hydrogen) atoms. The van der Waals surface area contributed by atoms with Crippen LogP contribution in [0.5, 0.6) is 0 Å². The topological polar surface area (TPSA) is 32.7 Å². The van der Waals surface area contributed by atoms with E-state index in [-0.39, 0.29) is 5.56 Å². The molecular formula is C20H18F3NO2. The van der Waals surface area contributed by atoms with E-state index >= 15 is 0 Å². The van der Waals surface area contributed by atoms with E-state index in [0.29, 0.717) is 18.8 Å². The van der Waals surface area contributed by atoms with E-state index in [4.69, 9.17) is 11.2 Å². The fourth-order valence-electron chi connectivity index (χ4n) is 2.97. The summed E-state index contributed by atoms with van der Waals surface area (Å²) in [6.45, 7) is 2.86. The Morgan fingerprint density at radius 2 is 1.35 bits per heavy atom. The van der Waals surface area contributed by atoms with Crippen LogP contribution in [0.1, 0.15) is 16.7 Å². The van der Waals surface area contributed by atoms with Gasteiger partial charge in [0.1, 0.15) is 0 Å². The number of terminal acetylenes is 1. The van der Waals surface area contributed by atoms with Gasteiger partial charge in [-0.1, -0.05) is 30.2 Å². The zero-order valence-electron chi connectivity index (χ0n) is 14.0. The van der Waals surface area contributed by atoms with Crippen molar-refractivity contribution in [2.75, 3.05) is 31.2 Å². The zero-order valence-corrected chi connectivity index (χ0v) is 14.0. The highest BCUT2D eigenvalue weighted by Gasteiger charge is 2.33. The van der Waals surface area contributed by atoms with E-state index in [9.17, 15) is 18.3 Å². The van der Waals surface area contributed by atoms with Crippen molar-refractivity contribution < 1.29 is 23.0 Å². The van der Waals surface area contributed by atoms with Crippen molar-refractivity contribution >= 4 is 5.69 Å². The van der Waals surface area contributed by atoms with Gasteiger partial charge >= 0.3 is 6.18 Å². The van der Waals surface area contributed by atoms with Crippen LogP contribution in [0.2, 0.25) is 0 Å². The minimum atomic E-state index is -4.44. The van der Waals surface area contributed by atoms with Gasteiger partial charge in [0.05, 0.1) is 18.8 Å². The first-order chi connectivity index (χ1) is 12.3. The SMILES string of the molecule is C#CC(O)(c1ccc(N2CCOCC2)cc1)c1ccc(C(F)(F)F)cc1. The molecule has 0 saturated carbocycles. The molecule has 1 N–H and O–H groups in total. The van der Waals surface area contributed by atoms with Gasteiger partial charge in [0, 0.05) is 29.9 Å². The van der Waals surface area contributed by atoms with Crippen LogP contribution in [0.3, 0.4) is 0 Å². The molecule has 2 aromatic rings. The first-order valence-electron chi connectivity index (χ1n) is 8.16. The normalized spacial score (nSPS) is 17.4. The third-order valence-electron chi connectivity index (χ3n) is 4.50.